The van der Waals surface area contributed by atoms with E-state index in [9.17, 15) is 8.42 Å². The van der Waals surface area contributed by atoms with Crippen molar-refractivity contribution in [3.8, 4) is 0 Å². The molecule has 1 atom stereocenters. The number of thioether (sulfide) groups is 1. The minimum Gasteiger partial charge on any atom is -0.363 e. The highest BCUT2D eigenvalue weighted by atomic mass is 32.2. The standard InChI is InChI=1S/C7H12N2O2S2/c10-13(11)4-1-6(5-13)12-7-8-2-3-9-7/h6H,1-5H2,(H,8,9). The summed E-state index contributed by atoms with van der Waals surface area (Å²) in [5, 5.41) is 4.26. The largest absolute Gasteiger partial charge is 0.363 e. The van der Waals surface area contributed by atoms with Gasteiger partial charge in [-0.3, -0.25) is 4.99 Å². The lowest BCUT2D eigenvalue weighted by molar-refractivity contribution is 0.602. The van der Waals surface area contributed by atoms with Crippen molar-refractivity contribution in [3.63, 3.8) is 0 Å². The van der Waals surface area contributed by atoms with E-state index in [0.29, 0.717) is 11.5 Å². The third-order valence-electron chi connectivity index (χ3n) is 2.11. The molecule has 13 heavy (non-hydrogen) atoms. The van der Waals surface area contributed by atoms with Crippen LogP contribution in [0.4, 0.5) is 0 Å². The Kier molecular flexibility index (Phi) is 2.51. The molecule has 0 aromatic rings. The second-order valence-corrected chi connectivity index (χ2v) is 6.77. The Balaban J connectivity index is 1.90. The molecule has 0 aromatic carbocycles. The number of hydrogen-bond acceptors (Lipinski definition) is 5. The minimum absolute atomic E-state index is 0.217. The zero-order valence-electron chi connectivity index (χ0n) is 7.19. The van der Waals surface area contributed by atoms with Gasteiger partial charge in [0.15, 0.2) is 15.0 Å². The maximum absolute atomic E-state index is 11.1. The molecule has 2 aliphatic heterocycles. The summed E-state index contributed by atoms with van der Waals surface area (Å²) in [5.41, 5.74) is 0. The molecular weight excluding hydrogens is 208 g/mol. The van der Waals surface area contributed by atoms with Gasteiger partial charge < -0.3 is 5.32 Å². The van der Waals surface area contributed by atoms with Gasteiger partial charge in [-0.25, -0.2) is 8.42 Å². The number of nitrogens with zero attached hydrogens (tertiary/aromatic N) is 1. The van der Waals surface area contributed by atoms with Crippen molar-refractivity contribution in [2.75, 3.05) is 24.6 Å². The zero-order valence-corrected chi connectivity index (χ0v) is 8.83. The quantitative estimate of drug-likeness (QED) is 0.668. The van der Waals surface area contributed by atoms with Gasteiger partial charge in [0.25, 0.3) is 0 Å². The van der Waals surface area contributed by atoms with E-state index in [4.69, 9.17) is 0 Å². The van der Waals surface area contributed by atoms with E-state index >= 15 is 0 Å². The van der Waals surface area contributed by atoms with Crippen LogP contribution in [0.15, 0.2) is 4.99 Å². The zero-order chi connectivity index (χ0) is 9.31. The SMILES string of the molecule is O=S1(=O)CCC(SC2=NCCN2)C1. The maximum atomic E-state index is 11.1. The van der Waals surface area contributed by atoms with Gasteiger partial charge in [0.05, 0.1) is 18.1 Å². The first-order valence-corrected chi connectivity index (χ1v) is 7.01. The molecule has 0 saturated carbocycles. The van der Waals surface area contributed by atoms with Gasteiger partial charge in [0.2, 0.25) is 0 Å². The van der Waals surface area contributed by atoms with Gasteiger partial charge in [-0.2, -0.15) is 0 Å². The summed E-state index contributed by atoms with van der Waals surface area (Å²) in [6.07, 6.45) is 0.772. The molecule has 74 valence electrons. The van der Waals surface area contributed by atoms with Crippen molar-refractivity contribution < 1.29 is 8.42 Å². The molecule has 2 rings (SSSR count). The smallest absolute Gasteiger partial charge is 0.156 e. The van der Waals surface area contributed by atoms with Crippen molar-refractivity contribution in [1.82, 2.24) is 5.32 Å². The van der Waals surface area contributed by atoms with Gasteiger partial charge in [-0.15, -0.1) is 0 Å². The molecule has 6 heteroatoms. The Hall–Kier alpha value is -0.230. The van der Waals surface area contributed by atoms with E-state index in [2.05, 4.69) is 10.3 Å². The minimum atomic E-state index is -2.74. The van der Waals surface area contributed by atoms with E-state index in [-0.39, 0.29) is 5.25 Å². The molecule has 0 aromatic heterocycles. The van der Waals surface area contributed by atoms with E-state index < -0.39 is 9.84 Å². The summed E-state index contributed by atoms with van der Waals surface area (Å²) >= 11 is 1.58. The topological polar surface area (TPSA) is 58.5 Å². The molecule has 1 saturated heterocycles. The molecule has 2 aliphatic rings. The lowest BCUT2D eigenvalue weighted by Crippen LogP contribution is -2.19. The van der Waals surface area contributed by atoms with Crippen LogP contribution in [-0.2, 0) is 9.84 Å². The van der Waals surface area contributed by atoms with Crippen LogP contribution in [0.1, 0.15) is 6.42 Å². The molecule has 1 unspecified atom stereocenters. The number of nitrogens with one attached hydrogen (secondary N) is 1. The number of sulfone groups is 1. The first-order valence-electron chi connectivity index (χ1n) is 4.31. The molecule has 4 nitrogen and oxygen atoms in total. The Morgan fingerprint density at radius 2 is 2.38 bits per heavy atom. The van der Waals surface area contributed by atoms with Crippen LogP contribution < -0.4 is 5.32 Å². The van der Waals surface area contributed by atoms with Crippen LogP contribution in [0.25, 0.3) is 0 Å². The predicted octanol–water partition coefficient (Wildman–Crippen LogP) is -0.134. The highest BCUT2D eigenvalue weighted by Crippen LogP contribution is 2.25. The second-order valence-electron chi connectivity index (χ2n) is 3.26. The molecule has 0 spiro atoms. The fourth-order valence-electron chi connectivity index (χ4n) is 1.47. The molecule has 2 heterocycles. The molecule has 0 bridgehead atoms. The van der Waals surface area contributed by atoms with Crippen LogP contribution >= 0.6 is 11.8 Å². The summed E-state index contributed by atoms with van der Waals surface area (Å²) in [7, 11) is -2.74. The monoisotopic (exact) mass is 220 g/mol. The number of hydrogen-bond donors (Lipinski definition) is 1. The van der Waals surface area contributed by atoms with Gasteiger partial charge in [-0.1, -0.05) is 11.8 Å². The van der Waals surface area contributed by atoms with E-state index in [1.165, 1.54) is 0 Å². The Morgan fingerprint density at radius 3 is 2.92 bits per heavy atom. The van der Waals surface area contributed by atoms with Gasteiger partial charge >= 0.3 is 0 Å². The van der Waals surface area contributed by atoms with Crippen molar-refractivity contribution in [2.45, 2.75) is 11.7 Å². The summed E-state index contributed by atoms with van der Waals surface area (Å²) in [5.74, 6) is 0.663. The van der Waals surface area contributed by atoms with Gasteiger partial charge in [-0.05, 0) is 6.42 Å². The first kappa shape index (κ1) is 9.33. The average molecular weight is 220 g/mol. The fraction of sp³-hybridized carbons (Fsp3) is 0.857. The van der Waals surface area contributed by atoms with Crippen LogP contribution in [-0.4, -0.2) is 43.4 Å². The van der Waals surface area contributed by atoms with E-state index in [0.717, 1.165) is 24.7 Å². The lowest BCUT2D eigenvalue weighted by atomic mass is 10.4. The molecular formula is C7H12N2O2S2. The van der Waals surface area contributed by atoms with Gasteiger partial charge in [0.1, 0.15) is 0 Å². The van der Waals surface area contributed by atoms with E-state index in [1.807, 2.05) is 0 Å². The predicted molar refractivity (Wildman–Crippen MR) is 55.0 cm³/mol. The maximum Gasteiger partial charge on any atom is 0.156 e. The average Bonchev–Trinajstić information content (AvgIpc) is 2.61. The normalized spacial score (nSPS) is 31.4. The van der Waals surface area contributed by atoms with Crippen LogP contribution in [0, 0.1) is 0 Å². The molecule has 0 amide bonds. The fourth-order valence-corrected chi connectivity index (χ4v) is 4.96. The van der Waals surface area contributed by atoms with Crippen molar-refractivity contribution >= 4 is 26.8 Å². The number of rotatable bonds is 1. The summed E-state index contributed by atoms with van der Waals surface area (Å²) < 4.78 is 22.3. The molecule has 1 fully saturated rings. The van der Waals surface area contributed by atoms with Crippen molar-refractivity contribution in [1.29, 1.82) is 0 Å². The summed E-state index contributed by atoms with van der Waals surface area (Å²) in [6, 6.07) is 0. The Labute approximate surface area is 82.1 Å². The molecule has 0 radical (unpaired) electrons. The van der Waals surface area contributed by atoms with Crippen molar-refractivity contribution in [3.05, 3.63) is 0 Å². The highest BCUT2D eigenvalue weighted by molar-refractivity contribution is 8.15. The summed E-state index contributed by atoms with van der Waals surface area (Å²) in [4.78, 5) is 4.22. The molecule has 0 aliphatic carbocycles. The highest BCUT2D eigenvalue weighted by Gasteiger charge is 2.29. The van der Waals surface area contributed by atoms with Crippen LogP contribution in [0.5, 0.6) is 0 Å². The van der Waals surface area contributed by atoms with Crippen molar-refractivity contribution in [2.24, 2.45) is 4.99 Å². The lowest BCUT2D eigenvalue weighted by Gasteiger charge is -2.06. The van der Waals surface area contributed by atoms with Gasteiger partial charge in [0, 0.05) is 11.8 Å². The number of aliphatic imine (C=N–C) groups is 1. The second kappa shape index (κ2) is 3.49. The Morgan fingerprint density at radius 1 is 1.54 bits per heavy atom. The van der Waals surface area contributed by atoms with Crippen LogP contribution in [0.3, 0.4) is 0 Å². The Bertz CT molecular complexity index is 323. The third-order valence-corrected chi connectivity index (χ3v) is 5.32. The van der Waals surface area contributed by atoms with E-state index in [1.54, 1.807) is 11.8 Å². The summed E-state index contributed by atoms with van der Waals surface area (Å²) in [6.45, 7) is 1.71. The first-order chi connectivity index (χ1) is 6.16. The molecule has 1 N–H and O–H groups in total. The van der Waals surface area contributed by atoms with Crippen LogP contribution in [0.2, 0.25) is 0 Å². The number of amidine groups is 1. The third kappa shape index (κ3) is 2.37.